The Morgan fingerprint density at radius 2 is 2.13 bits per heavy atom. The second kappa shape index (κ2) is 4.82. The van der Waals surface area contributed by atoms with E-state index in [4.69, 9.17) is 5.73 Å². The van der Waals surface area contributed by atoms with Gasteiger partial charge in [-0.15, -0.1) is 10.2 Å². The van der Waals surface area contributed by atoms with Crippen LogP contribution in [0.15, 0.2) is 32.0 Å². The van der Waals surface area contributed by atoms with Gasteiger partial charge in [0, 0.05) is 11.9 Å². The largest absolute Gasteiger partial charge is 0.399 e. The van der Waals surface area contributed by atoms with Crippen molar-refractivity contribution in [2.45, 2.75) is 13.7 Å². The van der Waals surface area contributed by atoms with Crippen LogP contribution in [0.2, 0.25) is 0 Å². The third-order valence-electron chi connectivity index (χ3n) is 1.51. The summed E-state index contributed by atoms with van der Waals surface area (Å²) in [5, 5.41) is 8.89. The van der Waals surface area contributed by atoms with E-state index >= 15 is 0 Å². The number of pyridine rings is 1. The summed E-state index contributed by atoms with van der Waals surface area (Å²) < 4.78 is 1.85. The molecule has 2 heterocycles. The highest BCUT2D eigenvalue weighted by Gasteiger charge is 2.05. The molecule has 2 aromatic rings. The van der Waals surface area contributed by atoms with E-state index in [1.807, 2.05) is 12.3 Å². The van der Waals surface area contributed by atoms with Crippen LogP contribution in [0, 0.1) is 0 Å². The molecule has 0 saturated carbocycles. The van der Waals surface area contributed by atoms with Gasteiger partial charge in [-0.05, 0) is 30.2 Å². The Labute approximate surface area is 99.7 Å². The number of rotatable bonds is 3. The lowest BCUT2D eigenvalue weighted by molar-refractivity contribution is 0.953. The number of thioether (sulfide) groups is 1. The van der Waals surface area contributed by atoms with Gasteiger partial charge in [-0.2, -0.15) is 0 Å². The second-order valence-corrected chi connectivity index (χ2v) is 5.87. The molecular weight excluding hydrogens is 248 g/mol. The van der Waals surface area contributed by atoms with Gasteiger partial charge < -0.3 is 5.73 Å². The van der Waals surface area contributed by atoms with Crippen molar-refractivity contribution in [2.75, 3.05) is 12.0 Å². The monoisotopic (exact) mass is 256 g/mol. The normalized spacial score (nSPS) is 10.5. The molecule has 2 aromatic heterocycles. The molecule has 4 nitrogen and oxygen atoms in total. The molecule has 0 saturated heterocycles. The molecule has 2 rings (SSSR count). The van der Waals surface area contributed by atoms with E-state index in [1.165, 1.54) is 11.8 Å². The maximum Gasteiger partial charge on any atom is 0.181 e. The number of anilines is 1. The van der Waals surface area contributed by atoms with E-state index in [2.05, 4.69) is 15.2 Å². The first-order valence-electron chi connectivity index (χ1n) is 4.05. The lowest BCUT2D eigenvalue weighted by Gasteiger charge is -1.96. The first kappa shape index (κ1) is 10.7. The van der Waals surface area contributed by atoms with Crippen LogP contribution in [0.4, 0.5) is 5.69 Å². The van der Waals surface area contributed by atoms with Gasteiger partial charge in [-0.1, -0.05) is 23.1 Å². The number of aromatic nitrogens is 3. The molecule has 15 heavy (non-hydrogen) atoms. The topological polar surface area (TPSA) is 64.7 Å². The van der Waals surface area contributed by atoms with Gasteiger partial charge >= 0.3 is 0 Å². The fraction of sp³-hybridized carbons (Fsp3) is 0.125. The number of hydrogen-bond donors (Lipinski definition) is 1. The van der Waals surface area contributed by atoms with Gasteiger partial charge in [0.1, 0.15) is 5.03 Å². The van der Waals surface area contributed by atoms with E-state index in [1.54, 1.807) is 35.4 Å². The summed E-state index contributed by atoms with van der Waals surface area (Å²) in [5.41, 5.74) is 6.36. The minimum Gasteiger partial charge on any atom is -0.399 e. The highest BCUT2D eigenvalue weighted by Crippen LogP contribution is 2.31. The molecule has 0 radical (unpaired) electrons. The molecule has 0 aliphatic heterocycles. The highest BCUT2D eigenvalue weighted by molar-refractivity contribution is 8.02. The molecule has 0 unspecified atom stereocenters. The molecule has 0 aromatic carbocycles. The van der Waals surface area contributed by atoms with E-state index in [9.17, 15) is 0 Å². The number of nitrogen functional groups attached to an aromatic ring is 1. The van der Waals surface area contributed by atoms with E-state index in [0.717, 1.165) is 13.7 Å². The van der Waals surface area contributed by atoms with E-state index < -0.39 is 0 Å². The van der Waals surface area contributed by atoms with Gasteiger partial charge in [0.25, 0.3) is 0 Å². The van der Waals surface area contributed by atoms with Gasteiger partial charge in [0.05, 0.1) is 0 Å². The summed E-state index contributed by atoms with van der Waals surface area (Å²) in [5.74, 6) is 0. The number of hydrogen-bond acceptors (Lipinski definition) is 7. The van der Waals surface area contributed by atoms with Gasteiger partial charge in [-0.25, -0.2) is 4.98 Å². The maximum absolute atomic E-state index is 5.65. The molecule has 0 aliphatic rings. The Morgan fingerprint density at radius 3 is 2.80 bits per heavy atom. The standard InChI is InChI=1S/C8H8N4S3/c1-13-7-11-12-8(15-7)14-6-4-5(9)2-3-10-6/h2-4H,1H3,(H2,9,10). The van der Waals surface area contributed by atoms with Crippen LogP contribution in [-0.2, 0) is 0 Å². The van der Waals surface area contributed by atoms with Crippen molar-refractivity contribution >= 4 is 40.5 Å². The molecule has 78 valence electrons. The SMILES string of the molecule is CSc1nnc(Sc2cc(N)ccn2)s1. The lowest BCUT2D eigenvalue weighted by atomic mass is 10.4. The van der Waals surface area contributed by atoms with Crippen LogP contribution < -0.4 is 5.73 Å². The zero-order valence-electron chi connectivity index (χ0n) is 7.88. The van der Waals surface area contributed by atoms with Crippen LogP contribution in [-0.4, -0.2) is 21.4 Å². The average molecular weight is 256 g/mol. The van der Waals surface area contributed by atoms with Gasteiger partial charge in [0.15, 0.2) is 8.68 Å². The van der Waals surface area contributed by atoms with Crippen LogP contribution in [0.3, 0.4) is 0 Å². The average Bonchev–Trinajstić information content (AvgIpc) is 2.65. The van der Waals surface area contributed by atoms with Crippen LogP contribution in [0.1, 0.15) is 0 Å². The summed E-state index contributed by atoms with van der Waals surface area (Å²) in [7, 11) is 0. The number of nitrogens with zero attached hydrogens (tertiary/aromatic N) is 3. The summed E-state index contributed by atoms with van der Waals surface area (Å²) in [6.07, 6.45) is 3.67. The van der Waals surface area contributed by atoms with E-state index in [-0.39, 0.29) is 0 Å². The van der Waals surface area contributed by atoms with Crippen molar-refractivity contribution in [3.05, 3.63) is 18.3 Å². The Bertz CT molecular complexity index is 457. The molecule has 0 aliphatic carbocycles. The van der Waals surface area contributed by atoms with Crippen LogP contribution >= 0.6 is 34.9 Å². The van der Waals surface area contributed by atoms with Gasteiger partial charge in [0.2, 0.25) is 0 Å². The fourth-order valence-corrected chi connectivity index (χ4v) is 3.28. The molecule has 0 spiro atoms. The van der Waals surface area contributed by atoms with Crippen molar-refractivity contribution in [3.63, 3.8) is 0 Å². The van der Waals surface area contributed by atoms with Crippen LogP contribution in [0.5, 0.6) is 0 Å². The van der Waals surface area contributed by atoms with Crippen molar-refractivity contribution in [3.8, 4) is 0 Å². The van der Waals surface area contributed by atoms with Crippen molar-refractivity contribution in [1.29, 1.82) is 0 Å². The minimum absolute atomic E-state index is 0.710. The quantitative estimate of drug-likeness (QED) is 0.851. The van der Waals surface area contributed by atoms with Crippen molar-refractivity contribution in [2.24, 2.45) is 0 Å². The lowest BCUT2D eigenvalue weighted by Crippen LogP contribution is -1.86. The zero-order chi connectivity index (χ0) is 10.7. The molecular formula is C8H8N4S3. The number of nitrogens with two attached hydrogens (primary N) is 1. The minimum atomic E-state index is 0.710. The fourth-order valence-electron chi connectivity index (χ4n) is 0.891. The summed E-state index contributed by atoms with van der Waals surface area (Å²) in [6.45, 7) is 0. The molecule has 0 bridgehead atoms. The maximum atomic E-state index is 5.65. The molecule has 2 N–H and O–H groups in total. The Morgan fingerprint density at radius 1 is 1.33 bits per heavy atom. The smallest absolute Gasteiger partial charge is 0.181 e. The van der Waals surface area contributed by atoms with Gasteiger partial charge in [-0.3, -0.25) is 0 Å². The van der Waals surface area contributed by atoms with Crippen molar-refractivity contribution < 1.29 is 0 Å². The summed E-state index contributed by atoms with van der Waals surface area (Å²) in [6, 6.07) is 3.59. The molecule has 0 atom stereocenters. The summed E-state index contributed by atoms with van der Waals surface area (Å²) in [4.78, 5) is 4.18. The Balaban J connectivity index is 2.14. The third kappa shape index (κ3) is 2.83. The Hall–Kier alpha value is -0.790. The predicted molar refractivity (Wildman–Crippen MR) is 64.5 cm³/mol. The molecule has 0 amide bonds. The highest BCUT2D eigenvalue weighted by atomic mass is 32.2. The first-order valence-corrected chi connectivity index (χ1v) is 6.90. The molecule has 7 heteroatoms. The second-order valence-electron chi connectivity index (χ2n) is 2.57. The van der Waals surface area contributed by atoms with Crippen LogP contribution in [0.25, 0.3) is 0 Å². The zero-order valence-corrected chi connectivity index (χ0v) is 10.3. The molecule has 0 fully saturated rings. The Kier molecular flexibility index (Phi) is 3.45. The van der Waals surface area contributed by atoms with Crippen molar-refractivity contribution in [1.82, 2.24) is 15.2 Å². The van der Waals surface area contributed by atoms with E-state index in [0.29, 0.717) is 5.69 Å². The third-order valence-corrected chi connectivity index (χ3v) is 4.40. The first-order chi connectivity index (χ1) is 7.28. The predicted octanol–water partition coefficient (Wildman–Crippen LogP) is 2.39. The summed E-state index contributed by atoms with van der Waals surface area (Å²) >= 11 is 4.62.